The summed E-state index contributed by atoms with van der Waals surface area (Å²) < 4.78 is 8.06. The van der Waals surface area contributed by atoms with Gasteiger partial charge in [-0.05, 0) is 56.9 Å². The highest BCUT2D eigenvalue weighted by Gasteiger charge is 2.24. The number of nitrogens with zero attached hydrogens (tertiary/aromatic N) is 2. The Morgan fingerprint density at radius 2 is 2.22 bits per heavy atom. The van der Waals surface area contributed by atoms with Gasteiger partial charge in [-0.2, -0.15) is 0 Å². The minimum atomic E-state index is 0.152. The fraction of sp³-hybridized carbons (Fsp3) is 0.421. The average Bonchev–Trinajstić information content (AvgIpc) is 3.02. The van der Waals surface area contributed by atoms with Crippen molar-refractivity contribution in [2.24, 2.45) is 0 Å². The van der Waals surface area contributed by atoms with Crippen LogP contribution in [0.2, 0.25) is 5.02 Å². The molecular weight excluding hydrogens is 308 g/mol. The molecule has 1 aliphatic rings. The monoisotopic (exact) mass is 330 g/mol. The Morgan fingerprint density at radius 1 is 1.35 bits per heavy atom. The molecule has 1 heterocycles. The third-order valence-electron chi connectivity index (χ3n) is 4.21. The van der Waals surface area contributed by atoms with Crippen LogP contribution in [0.15, 0.2) is 42.5 Å². The molecule has 1 aliphatic carbocycles. The summed E-state index contributed by atoms with van der Waals surface area (Å²) in [5.41, 5.74) is 2.63. The van der Waals surface area contributed by atoms with Crippen LogP contribution in [0.5, 0.6) is 5.75 Å². The highest BCUT2D eigenvalue weighted by atomic mass is 35.5. The van der Waals surface area contributed by atoms with Gasteiger partial charge in [-0.1, -0.05) is 18.0 Å². The zero-order valence-corrected chi connectivity index (χ0v) is 14.5. The second kappa shape index (κ2) is 7.22. The van der Waals surface area contributed by atoms with Crippen LogP contribution in [0, 0.1) is 0 Å². The van der Waals surface area contributed by atoms with Crippen LogP contribution in [0.1, 0.15) is 51.0 Å². The average molecular weight is 331 g/mol. The van der Waals surface area contributed by atoms with Crippen LogP contribution >= 0.6 is 11.6 Å². The van der Waals surface area contributed by atoms with E-state index < -0.39 is 0 Å². The Kier molecular flexibility index (Phi) is 5.06. The maximum Gasteiger partial charge on any atom is 0.123 e. The highest BCUT2D eigenvalue weighted by Crippen LogP contribution is 2.42. The van der Waals surface area contributed by atoms with Crippen LogP contribution in [0.3, 0.4) is 0 Å². The fourth-order valence-electron chi connectivity index (χ4n) is 3.24. The molecule has 0 radical (unpaired) electrons. The van der Waals surface area contributed by atoms with Gasteiger partial charge in [0, 0.05) is 35.1 Å². The number of rotatable bonds is 4. The van der Waals surface area contributed by atoms with E-state index >= 15 is 0 Å². The van der Waals surface area contributed by atoms with Crippen molar-refractivity contribution >= 4 is 17.8 Å². The number of benzene rings is 1. The first-order valence-corrected chi connectivity index (χ1v) is 8.65. The number of hydrogen-bond donors (Lipinski definition) is 0. The Labute approximate surface area is 142 Å². The van der Waals surface area contributed by atoms with Gasteiger partial charge in [0.1, 0.15) is 5.75 Å². The Bertz CT molecular complexity index is 677. The van der Waals surface area contributed by atoms with Crippen molar-refractivity contribution in [1.82, 2.24) is 9.55 Å². The van der Waals surface area contributed by atoms with Gasteiger partial charge in [0.05, 0.1) is 12.4 Å². The molecule has 1 aromatic carbocycles. The van der Waals surface area contributed by atoms with Crippen molar-refractivity contribution in [3.05, 3.63) is 53.1 Å². The Morgan fingerprint density at radius 3 is 2.96 bits per heavy atom. The summed E-state index contributed by atoms with van der Waals surface area (Å²) >= 11 is 6.27. The lowest BCUT2D eigenvalue weighted by atomic mass is 9.80. The van der Waals surface area contributed by atoms with Crippen molar-refractivity contribution < 1.29 is 4.74 Å². The summed E-state index contributed by atoms with van der Waals surface area (Å²) in [5.74, 6) is 1.31. The normalized spacial score (nSPS) is 20.2. The lowest BCUT2D eigenvalue weighted by molar-refractivity contribution is 0.238. The number of ether oxygens (including phenoxy) is 1. The van der Waals surface area contributed by atoms with Gasteiger partial charge in [0.15, 0.2) is 0 Å². The van der Waals surface area contributed by atoms with Gasteiger partial charge in [0.2, 0.25) is 0 Å². The third-order valence-corrected chi connectivity index (χ3v) is 4.44. The van der Waals surface area contributed by atoms with E-state index in [1.807, 2.05) is 35.4 Å². The molecule has 1 unspecified atom stereocenters. The first kappa shape index (κ1) is 16.1. The van der Waals surface area contributed by atoms with E-state index in [9.17, 15) is 0 Å². The summed E-state index contributed by atoms with van der Waals surface area (Å²) in [7, 11) is 0. The predicted octanol–water partition coefficient (Wildman–Crippen LogP) is 5.52. The summed E-state index contributed by atoms with van der Waals surface area (Å²) in [6.45, 7) is 4.11. The highest BCUT2D eigenvalue weighted by molar-refractivity contribution is 6.30. The first-order chi connectivity index (χ1) is 11.1. The molecule has 0 spiro atoms. The molecule has 3 nitrogen and oxygen atoms in total. The Balaban J connectivity index is 1.98. The zero-order valence-electron chi connectivity index (χ0n) is 13.7. The summed E-state index contributed by atoms with van der Waals surface area (Å²) in [6, 6.07) is 5.98. The summed E-state index contributed by atoms with van der Waals surface area (Å²) in [6.07, 6.45) is 12.7. The standard InChI is InChI=1S/C19H23ClN2O/c1-14(2)23-19-8-7-16(20)11-18(19)17-6-4-3-5-15(17)12-22-10-9-21-13-22/h7-14,17H,3-6H2,1-2H3. The topological polar surface area (TPSA) is 27.1 Å². The van der Waals surface area contributed by atoms with E-state index in [1.165, 1.54) is 24.0 Å². The second-order valence-corrected chi connectivity index (χ2v) is 6.80. The van der Waals surface area contributed by atoms with Gasteiger partial charge in [-0.3, -0.25) is 0 Å². The zero-order chi connectivity index (χ0) is 16.2. The number of aromatic nitrogens is 2. The number of allylic oxidation sites excluding steroid dienone is 1. The summed E-state index contributed by atoms with van der Waals surface area (Å²) in [4.78, 5) is 4.13. The molecule has 0 saturated heterocycles. The minimum Gasteiger partial charge on any atom is -0.491 e. The van der Waals surface area contributed by atoms with Crippen molar-refractivity contribution in [2.75, 3.05) is 0 Å². The molecule has 0 aliphatic heterocycles. The van der Waals surface area contributed by atoms with Gasteiger partial charge < -0.3 is 9.30 Å². The van der Waals surface area contributed by atoms with Crippen LogP contribution in [-0.2, 0) is 0 Å². The largest absolute Gasteiger partial charge is 0.491 e. The lowest BCUT2D eigenvalue weighted by Crippen LogP contribution is -2.13. The molecule has 0 N–H and O–H groups in total. The van der Waals surface area contributed by atoms with Gasteiger partial charge in [-0.15, -0.1) is 0 Å². The van der Waals surface area contributed by atoms with Crippen LogP contribution in [0.25, 0.3) is 6.20 Å². The molecule has 1 aromatic heterocycles. The van der Waals surface area contributed by atoms with E-state index in [0.717, 1.165) is 23.6 Å². The van der Waals surface area contributed by atoms with Gasteiger partial charge in [-0.25, -0.2) is 4.98 Å². The van der Waals surface area contributed by atoms with E-state index in [-0.39, 0.29) is 6.10 Å². The molecule has 3 rings (SSSR count). The molecule has 2 aromatic rings. The number of halogens is 1. The van der Waals surface area contributed by atoms with Crippen molar-refractivity contribution in [1.29, 1.82) is 0 Å². The third kappa shape index (κ3) is 3.97. The molecule has 122 valence electrons. The minimum absolute atomic E-state index is 0.152. The molecule has 1 saturated carbocycles. The van der Waals surface area contributed by atoms with Crippen molar-refractivity contribution in [3.8, 4) is 5.75 Å². The maximum absolute atomic E-state index is 6.27. The van der Waals surface area contributed by atoms with Crippen molar-refractivity contribution in [2.45, 2.75) is 51.6 Å². The second-order valence-electron chi connectivity index (χ2n) is 6.36. The molecule has 0 amide bonds. The quantitative estimate of drug-likeness (QED) is 0.737. The number of imidazole rings is 1. The van der Waals surface area contributed by atoms with Gasteiger partial charge in [0.25, 0.3) is 0 Å². The first-order valence-electron chi connectivity index (χ1n) is 8.27. The molecule has 0 bridgehead atoms. The maximum atomic E-state index is 6.27. The van der Waals surface area contributed by atoms with E-state index in [1.54, 1.807) is 0 Å². The smallest absolute Gasteiger partial charge is 0.123 e. The van der Waals surface area contributed by atoms with E-state index in [0.29, 0.717) is 5.92 Å². The molecule has 23 heavy (non-hydrogen) atoms. The lowest BCUT2D eigenvalue weighted by Gasteiger charge is -2.28. The van der Waals surface area contributed by atoms with Crippen molar-refractivity contribution in [3.63, 3.8) is 0 Å². The van der Waals surface area contributed by atoms with Crippen LogP contribution in [0.4, 0.5) is 0 Å². The predicted molar refractivity (Wildman–Crippen MR) is 94.9 cm³/mol. The van der Waals surface area contributed by atoms with Gasteiger partial charge >= 0.3 is 0 Å². The summed E-state index contributed by atoms with van der Waals surface area (Å²) in [5, 5.41) is 0.767. The molecule has 4 heteroatoms. The van der Waals surface area contributed by atoms with E-state index in [2.05, 4.69) is 31.1 Å². The SMILES string of the molecule is CC(C)Oc1ccc(Cl)cc1C1CCCCC1=Cn1ccnc1. The van der Waals surface area contributed by atoms with E-state index in [4.69, 9.17) is 16.3 Å². The molecule has 1 atom stereocenters. The number of hydrogen-bond acceptors (Lipinski definition) is 2. The Hall–Kier alpha value is -1.74. The fourth-order valence-corrected chi connectivity index (χ4v) is 3.42. The van der Waals surface area contributed by atoms with Crippen LogP contribution < -0.4 is 4.74 Å². The molecule has 1 fully saturated rings. The molecular formula is C19H23ClN2O. The van der Waals surface area contributed by atoms with Crippen LogP contribution in [-0.4, -0.2) is 15.7 Å².